The molecule has 0 fully saturated rings. The summed E-state index contributed by atoms with van der Waals surface area (Å²) in [6, 6.07) is 0. The third-order valence-electron chi connectivity index (χ3n) is 1.62. The van der Waals surface area contributed by atoms with Gasteiger partial charge < -0.3 is 19.5 Å². The highest BCUT2D eigenvalue weighted by molar-refractivity contribution is 5.86. The number of hydrogen-bond acceptors (Lipinski definition) is 5. The molecular formula is C11H21NO5. The number of alkyl carbamates (subject to hydrolysis) is 1. The summed E-state index contributed by atoms with van der Waals surface area (Å²) < 4.78 is 14.5. The van der Waals surface area contributed by atoms with Crippen molar-refractivity contribution in [2.75, 3.05) is 33.0 Å². The van der Waals surface area contributed by atoms with Crippen LogP contribution in [-0.4, -0.2) is 45.0 Å². The van der Waals surface area contributed by atoms with Crippen LogP contribution in [0.3, 0.4) is 0 Å². The molecule has 0 rings (SSSR count). The Hall–Kier alpha value is -1.56. The van der Waals surface area contributed by atoms with Crippen molar-refractivity contribution in [3.05, 3.63) is 12.2 Å². The Morgan fingerprint density at radius 1 is 1.24 bits per heavy atom. The number of rotatable bonds is 8. The van der Waals surface area contributed by atoms with Gasteiger partial charge in [0.25, 0.3) is 0 Å². The Bertz CT molecular complexity index is 270. The fourth-order valence-corrected chi connectivity index (χ4v) is 0.809. The quantitative estimate of drug-likeness (QED) is 0.395. The van der Waals surface area contributed by atoms with E-state index in [2.05, 4.69) is 11.9 Å². The smallest absolute Gasteiger partial charge is 0.407 e. The number of hydrogen-bond donors (Lipinski definition) is 1. The van der Waals surface area contributed by atoms with E-state index in [1.54, 1.807) is 6.92 Å². The predicted molar refractivity (Wildman–Crippen MR) is 63.7 cm³/mol. The number of carbonyl (C=O) groups is 2. The van der Waals surface area contributed by atoms with Crippen molar-refractivity contribution in [2.24, 2.45) is 0 Å². The molecule has 0 aliphatic heterocycles. The molecule has 100 valence electrons. The summed E-state index contributed by atoms with van der Waals surface area (Å²) >= 11 is 0. The zero-order chi connectivity index (χ0) is 13.1. The lowest BCUT2D eigenvalue weighted by Gasteiger charge is -2.07. The summed E-state index contributed by atoms with van der Waals surface area (Å²) in [5.74, 6) is -0.475. The van der Waals surface area contributed by atoms with E-state index in [1.165, 1.54) is 0 Å². The summed E-state index contributed by atoms with van der Waals surface area (Å²) in [5.41, 5.74) is 0.323. The number of carbonyl (C=O) groups excluding carboxylic acids is 2. The van der Waals surface area contributed by atoms with Crippen LogP contribution < -0.4 is 5.32 Å². The van der Waals surface area contributed by atoms with Crippen LogP contribution in [0.15, 0.2) is 12.2 Å². The maximum Gasteiger partial charge on any atom is 0.407 e. The molecule has 0 aliphatic carbocycles. The van der Waals surface area contributed by atoms with Crippen molar-refractivity contribution < 1.29 is 25.2 Å². The normalized spacial score (nSPS) is 9.53. The van der Waals surface area contributed by atoms with E-state index < -0.39 is 12.1 Å². The van der Waals surface area contributed by atoms with Crippen molar-refractivity contribution in [3.8, 4) is 0 Å². The van der Waals surface area contributed by atoms with E-state index in [0.717, 1.165) is 0 Å². The minimum atomic E-state index is -0.559. The van der Waals surface area contributed by atoms with E-state index in [0.29, 0.717) is 18.8 Å². The SMILES string of the molecule is C=C(C)C(=O)OCCNC(=O)OCCOCC.[HH]. The first-order valence-corrected chi connectivity index (χ1v) is 5.39. The molecule has 0 aromatic heterocycles. The zero-order valence-corrected chi connectivity index (χ0v) is 10.3. The molecule has 0 bridgehead atoms. The van der Waals surface area contributed by atoms with Gasteiger partial charge in [0.05, 0.1) is 13.2 Å². The molecule has 17 heavy (non-hydrogen) atoms. The molecule has 1 N–H and O–H groups in total. The van der Waals surface area contributed by atoms with E-state index in [9.17, 15) is 9.59 Å². The lowest BCUT2D eigenvalue weighted by Crippen LogP contribution is -2.29. The van der Waals surface area contributed by atoms with Crippen LogP contribution in [0.4, 0.5) is 4.79 Å². The van der Waals surface area contributed by atoms with E-state index in [4.69, 9.17) is 14.2 Å². The Morgan fingerprint density at radius 2 is 1.94 bits per heavy atom. The van der Waals surface area contributed by atoms with Gasteiger partial charge in [-0.3, -0.25) is 0 Å². The molecule has 0 unspecified atom stereocenters. The molecule has 0 saturated heterocycles. The average molecular weight is 247 g/mol. The van der Waals surface area contributed by atoms with Crippen LogP contribution in [0.25, 0.3) is 0 Å². The summed E-state index contributed by atoms with van der Waals surface area (Å²) in [4.78, 5) is 22.0. The number of amides is 1. The number of esters is 1. The molecular weight excluding hydrogens is 226 g/mol. The fraction of sp³-hybridized carbons (Fsp3) is 0.636. The maximum absolute atomic E-state index is 11.0. The molecule has 0 heterocycles. The molecule has 0 spiro atoms. The Kier molecular flexibility index (Phi) is 8.77. The van der Waals surface area contributed by atoms with Gasteiger partial charge in [-0.1, -0.05) is 6.58 Å². The summed E-state index contributed by atoms with van der Waals surface area (Å²) in [6.45, 7) is 8.28. The van der Waals surface area contributed by atoms with E-state index >= 15 is 0 Å². The highest BCUT2D eigenvalue weighted by Crippen LogP contribution is 1.90. The second-order valence-corrected chi connectivity index (χ2v) is 3.18. The molecule has 0 radical (unpaired) electrons. The molecule has 1 amide bonds. The second kappa shape index (κ2) is 9.65. The minimum Gasteiger partial charge on any atom is -0.460 e. The van der Waals surface area contributed by atoms with Crippen molar-refractivity contribution in [1.29, 1.82) is 0 Å². The van der Waals surface area contributed by atoms with Gasteiger partial charge in [0.15, 0.2) is 0 Å². The first kappa shape index (κ1) is 15.4. The lowest BCUT2D eigenvalue weighted by atomic mass is 10.4. The van der Waals surface area contributed by atoms with Crippen molar-refractivity contribution in [2.45, 2.75) is 13.8 Å². The van der Waals surface area contributed by atoms with Gasteiger partial charge in [0.1, 0.15) is 13.2 Å². The van der Waals surface area contributed by atoms with Crippen molar-refractivity contribution in [3.63, 3.8) is 0 Å². The van der Waals surface area contributed by atoms with Crippen molar-refractivity contribution >= 4 is 12.1 Å². The van der Waals surface area contributed by atoms with Gasteiger partial charge in [-0.25, -0.2) is 9.59 Å². The third-order valence-corrected chi connectivity index (χ3v) is 1.62. The van der Waals surface area contributed by atoms with Gasteiger partial charge in [0, 0.05) is 13.6 Å². The van der Waals surface area contributed by atoms with Gasteiger partial charge in [0.2, 0.25) is 0 Å². The first-order valence-electron chi connectivity index (χ1n) is 5.39. The Labute approximate surface area is 102 Å². The van der Waals surface area contributed by atoms with Crippen LogP contribution in [0.5, 0.6) is 0 Å². The highest BCUT2D eigenvalue weighted by Gasteiger charge is 2.04. The highest BCUT2D eigenvalue weighted by atomic mass is 16.6. The average Bonchev–Trinajstić information content (AvgIpc) is 2.29. The van der Waals surface area contributed by atoms with Crippen LogP contribution in [0.1, 0.15) is 15.3 Å². The zero-order valence-electron chi connectivity index (χ0n) is 10.3. The molecule has 0 aliphatic rings. The van der Waals surface area contributed by atoms with Gasteiger partial charge in [-0.2, -0.15) is 0 Å². The number of ether oxygens (including phenoxy) is 3. The second-order valence-electron chi connectivity index (χ2n) is 3.18. The first-order chi connectivity index (χ1) is 8.07. The van der Waals surface area contributed by atoms with Gasteiger partial charge in [-0.15, -0.1) is 0 Å². The molecule has 0 aromatic rings. The van der Waals surface area contributed by atoms with E-state index in [1.807, 2.05) is 6.92 Å². The Balaban J connectivity index is 0. The maximum atomic E-state index is 11.0. The Morgan fingerprint density at radius 3 is 2.53 bits per heavy atom. The van der Waals surface area contributed by atoms with Crippen LogP contribution in [-0.2, 0) is 19.0 Å². The topological polar surface area (TPSA) is 73.9 Å². The number of nitrogens with one attached hydrogen (secondary N) is 1. The van der Waals surface area contributed by atoms with Gasteiger partial charge >= 0.3 is 12.1 Å². The summed E-state index contributed by atoms with van der Waals surface area (Å²) in [5, 5.41) is 2.43. The molecule has 0 aromatic carbocycles. The lowest BCUT2D eigenvalue weighted by molar-refractivity contribution is -0.138. The van der Waals surface area contributed by atoms with Gasteiger partial charge in [-0.05, 0) is 13.8 Å². The summed E-state index contributed by atoms with van der Waals surface area (Å²) in [7, 11) is 0. The molecule has 0 atom stereocenters. The molecule has 0 saturated carbocycles. The standard InChI is InChI=1S/C11H19NO5.H2/c1-4-15-7-8-17-11(14)12-5-6-16-10(13)9(2)3;/h2,4-8H2,1,3H3,(H,12,14);1H. The third kappa shape index (κ3) is 9.37. The molecule has 6 heteroatoms. The predicted octanol–water partition coefficient (Wildman–Crippen LogP) is 1.11. The van der Waals surface area contributed by atoms with E-state index in [-0.39, 0.29) is 21.2 Å². The summed E-state index contributed by atoms with van der Waals surface area (Å²) in [6.07, 6.45) is -0.559. The largest absolute Gasteiger partial charge is 0.460 e. The minimum absolute atomic E-state index is 0. The van der Waals surface area contributed by atoms with Crippen LogP contribution >= 0.6 is 0 Å². The van der Waals surface area contributed by atoms with Crippen molar-refractivity contribution in [1.82, 2.24) is 5.32 Å². The fourth-order valence-electron chi connectivity index (χ4n) is 0.809. The van der Waals surface area contributed by atoms with Crippen LogP contribution in [0, 0.1) is 0 Å². The van der Waals surface area contributed by atoms with Crippen LogP contribution in [0.2, 0.25) is 0 Å². The monoisotopic (exact) mass is 247 g/mol. The molecule has 6 nitrogen and oxygen atoms in total.